The molecule has 2 rings (SSSR count). The maximum atomic E-state index is 9.55. The Balaban J connectivity index is 2.11. The lowest BCUT2D eigenvalue weighted by Crippen LogP contribution is -2.28. The largest absolute Gasteiger partial charge is 0.391 e. The van der Waals surface area contributed by atoms with Gasteiger partial charge in [0.2, 0.25) is 5.95 Å². The van der Waals surface area contributed by atoms with Gasteiger partial charge in [-0.3, -0.25) is 0 Å². The highest BCUT2D eigenvalue weighted by molar-refractivity contribution is 9.10. The SMILES string of the molecule is C[C@@H](O)[C@@H](C)Nc1nc(NC2=CCCC=C2)ncc1Br. The highest BCUT2D eigenvalue weighted by atomic mass is 79.9. The number of allylic oxidation sites excluding steroid dienone is 3. The number of nitrogens with zero attached hydrogens (tertiary/aromatic N) is 2. The summed E-state index contributed by atoms with van der Waals surface area (Å²) in [4.78, 5) is 8.66. The summed E-state index contributed by atoms with van der Waals surface area (Å²) >= 11 is 3.41. The summed E-state index contributed by atoms with van der Waals surface area (Å²) < 4.78 is 0.767. The van der Waals surface area contributed by atoms with Crippen LogP contribution in [-0.2, 0) is 0 Å². The molecule has 5 nitrogen and oxygen atoms in total. The zero-order valence-electron chi connectivity index (χ0n) is 11.6. The van der Waals surface area contributed by atoms with Gasteiger partial charge in [0.1, 0.15) is 5.82 Å². The Hall–Kier alpha value is -1.40. The van der Waals surface area contributed by atoms with Crippen LogP contribution in [0.25, 0.3) is 0 Å². The Kier molecular flexibility index (Phi) is 5.14. The minimum absolute atomic E-state index is 0.0946. The van der Waals surface area contributed by atoms with E-state index in [9.17, 15) is 5.11 Å². The van der Waals surface area contributed by atoms with Crippen molar-refractivity contribution in [1.82, 2.24) is 9.97 Å². The van der Waals surface area contributed by atoms with Crippen molar-refractivity contribution in [3.8, 4) is 0 Å². The number of anilines is 2. The average molecular weight is 339 g/mol. The minimum atomic E-state index is -0.461. The van der Waals surface area contributed by atoms with Gasteiger partial charge < -0.3 is 15.7 Å². The lowest BCUT2D eigenvalue weighted by Gasteiger charge is -2.18. The molecule has 108 valence electrons. The second kappa shape index (κ2) is 6.85. The van der Waals surface area contributed by atoms with Crippen molar-refractivity contribution >= 4 is 27.7 Å². The molecular weight excluding hydrogens is 320 g/mol. The zero-order chi connectivity index (χ0) is 14.5. The zero-order valence-corrected chi connectivity index (χ0v) is 13.2. The van der Waals surface area contributed by atoms with E-state index < -0.39 is 6.10 Å². The quantitative estimate of drug-likeness (QED) is 0.769. The highest BCUT2D eigenvalue weighted by Gasteiger charge is 2.12. The first-order valence-corrected chi connectivity index (χ1v) is 7.46. The molecule has 0 saturated carbocycles. The van der Waals surface area contributed by atoms with E-state index in [0.717, 1.165) is 23.0 Å². The Bertz CT molecular complexity index is 528. The van der Waals surface area contributed by atoms with Gasteiger partial charge in [-0.2, -0.15) is 4.98 Å². The molecule has 0 bridgehead atoms. The Labute approximate surface area is 127 Å². The molecule has 1 aliphatic rings. The number of nitrogens with one attached hydrogen (secondary N) is 2. The fourth-order valence-electron chi connectivity index (χ4n) is 1.70. The highest BCUT2D eigenvalue weighted by Crippen LogP contribution is 2.22. The van der Waals surface area contributed by atoms with Crippen molar-refractivity contribution in [3.05, 3.63) is 34.6 Å². The van der Waals surface area contributed by atoms with E-state index in [1.54, 1.807) is 13.1 Å². The molecule has 0 spiro atoms. The van der Waals surface area contributed by atoms with Crippen LogP contribution in [0.5, 0.6) is 0 Å². The summed E-state index contributed by atoms with van der Waals surface area (Å²) in [5.74, 6) is 1.20. The molecule has 20 heavy (non-hydrogen) atoms. The van der Waals surface area contributed by atoms with E-state index in [2.05, 4.69) is 48.7 Å². The summed E-state index contributed by atoms with van der Waals surface area (Å²) in [5.41, 5.74) is 1.01. The molecule has 1 aromatic rings. The van der Waals surface area contributed by atoms with Gasteiger partial charge in [-0.1, -0.05) is 12.2 Å². The normalized spacial score (nSPS) is 17.3. The predicted octanol–water partition coefficient (Wildman–Crippen LogP) is 3.07. The number of aromatic nitrogens is 2. The monoisotopic (exact) mass is 338 g/mol. The third kappa shape index (κ3) is 4.05. The van der Waals surface area contributed by atoms with Crippen molar-refractivity contribution in [2.75, 3.05) is 10.6 Å². The summed E-state index contributed by atoms with van der Waals surface area (Å²) in [6, 6.07) is -0.0946. The summed E-state index contributed by atoms with van der Waals surface area (Å²) in [6.07, 6.45) is 9.61. The van der Waals surface area contributed by atoms with Crippen LogP contribution >= 0.6 is 15.9 Å². The van der Waals surface area contributed by atoms with Crippen LogP contribution in [-0.4, -0.2) is 27.2 Å². The smallest absolute Gasteiger partial charge is 0.229 e. The van der Waals surface area contributed by atoms with Crippen molar-refractivity contribution in [1.29, 1.82) is 0 Å². The fourth-order valence-corrected chi connectivity index (χ4v) is 2.01. The first-order valence-electron chi connectivity index (χ1n) is 6.67. The number of aliphatic hydroxyl groups excluding tert-OH is 1. The standard InChI is InChI=1S/C14H19BrN4O/c1-9(10(2)20)17-13-12(15)8-16-14(19-13)18-11-6-4-3-5-7-11/h4,6-10,20H,3,5H2,1-2H3,(H2,16,17,18,19)/t9-,10-/m1/s1. The summed E-state index contributed by atoms with van der Waals surface area (Å²) in [6.45, 7) is 3.64. The number of hydrogen-bond acceptors (Lipinski definition) is 5. The molecule has 6 heteroatoms. The van der Waals surface area contributed by atoms with Gasteiger partial charge in [-0.05, 0) is 48.7 Å². The van der Waals surface area contributed by atoms with Crippen molar-refractivity contribution in [2.24, 2.45) is 0 Å². The predicted molar refractivity (Wildman–Crippen MR) is 84.6 cm³/mol. The molecule has 0 amide bonds. The van der Waals surface area contributed by atoms with E-state index in [0.29, 0.717) is 11.8 Å². The molecule has 1 aromatic heterocycles. The maximum absolute atomic E-state index is 9.55. The lowest BCUT2D eigenvalue weighted by molar-refractivity contribution is 0.177. The number of rotatable bonds is 5. The number of halogens is 1. The van der Waals surface area contributed by atoms with Crippen molar-refractivity contribution < 1.29 is 5.11 Å². The van der Waals surface area contributed by atoms with Gasteiger partial charge in [-0.25, -0.2) is 4.98 Å². The lowest BCUT2D eigenvalue weighted by atomic mass is 10.1. The molecule has 0 aliphatic heterocycles. The summed E-state index contributed by atoms with van der Waals surface area (Å²) in [7, 11) is 0. The van der Waals surface area contributed by atoms with E-state index in [-0.39, 0.29) is 6.04 Å². The third-order valence-electron chi connectivity index (χ3n) is 3.08. The number of aliphatic hydroxyl groups is 1. The molecule has 0 unspecified atom stereocenters. The molecule has 1 aliphatic carbocycles. The molecule has 0 saturated heterocycles. The second-order valence-electron chi connectivity index (χ2n) is 4.83. The van der Waals surface area contributed by atoms with Gasteiger partial charge in [0.05, 0.1) is 16.6 Å². The van der Waals surface area contributed by atoms with Crippen LogP contribution in [0.2, 0.25) is 0 Å². The van der Waals surface area contributed by atoms with Gasteiger partial charge in [0.25, 0.3) is 0 Å². The van der Waals surface area contributed by atoms with Gasteiger partial charge in [-0.15, -0.1) is 0 Å². The van der Waals surface area contributed by atoms with Crippen molar-refractivity contribution in [2.45, 2.75) is 38.8 Å². The average Bonchev–Trinajstić information content (AvgIpc) is 2.43. The molecule has 0 radical (unpaired) electrons. The minimum Gasteiger partial charge on any atom is -0.391 e. The maximum Gasteiger partial charge on any atom is 0.229 e. The Morgan fingerprint density at radius 1 is 1.35 bits per heavy atom. The van der Waals surface area contributed by atoms with Crippen molar-refractivity contribution in [3.63, 3.8) is 0 Å². The summed E-state index contributed by atoms with van der Waals surface area (Å²) in [5, 5.41) is 15.9. The fraction of sp³-hybridized carbons (Fsp3) is 0.429. The van der Waals surface area contributed by atoms with Crippen LogP contribution in [0.4, 0.5) is 11.8 Å². The molecule has 1 heterocycles. The molecule has 0 aromatic carbocycles. The van der Waals surface area contributed by atoms with Gasteiger partial charge in [0, 0.05) is 11.9 Å². The van der Waals surface area contributed by atoms with Gasteiger partial charge >= 0.3 is 0 Å². The first kappa shape index (κ1) is 15.0. The van der Waals surface area contributed by atoms with E-state index >= 15 is 0 Å². The second-order valence-corrected chi connectivity index (χ2v) is 5.68. The van der Waals surface area contributed by atoms with Crippen LogP contribution in [0.1, 0.15) is 26.7 Å². The molecule has 3 N–H and O–H groups in total. The molecular formula is C14H19BrN4O. The van der Waals surface area contributed by atoms with Crippen LogP contribution in [0, 0.1) is 0 Å². The Morgan fingerprint density at radius 3 is 2.80 bits per heavy atom. The Morgan fingerprint density at radius 2 is 2.15 bits per heavy atom. The van der Waals surface area contributed by atoms with Crippen LogP contribution < -0.4 is 10.6 Å². The molecule has 2 atom stereocenters. The van der Waals surface area contributed by atoms with E-state index in [4.69, 9.17) is 0 Å². The first-order chi connectivity index (χ1) is 9.56. The van der Waals surface area contributed by atoms with E-state index in [1.165, 1.54) is 0 Å². The molecule has 0 fully saturated rings. The third-order valence-corrected chi connectivity index (χ3v) is 3.66. The van der Waals surface area contributed by atoms with Crippen LogP contribution in [0.3, 0.4) is 0 Å². The van der Waals surface area contributed by atoms with Crippen LogP contribution in [0.15, 0.2) is 34.6 Å². The van der Waals surface area contributed by atoms with E-state index in [1.807, 2.05) is 13.0 Å². The van der Waals surface area contributed by atoms with Gasteiger partial charge in [0.15, 0.2) is 0 Å². The number of hydrogen-bond donors (Lipinski definition) is 3. The topological polar surface area (TPSA) is 70.1 Å².